The number of amides is 1. The Hall–Kier alpha value is -0.530. The van der Waals surface area contributed by atoms with Crippen LogP contribution < -0.4 is 0 Å². The highest BCUT2D eigenvalue weighted by Crippen LogP contribution is 2.28. The monoisotopic (exact) mass is 239 g/mol. The minimum atomic E-state index is 0.248. The number of nitrogens with zero attached hydrogens (tertiary/aromatic N) is 1. The first kappa shape index (κ1) is 14.5. The highest BCUT2D eigenvalue weighted by atomic mass is 16.2. The molecule has 0 saturated carbocycles. The second-order valence-electron chi connectivity index (χ2n) is 6.29. The number of rotatable bonds is 0. The van der Waals surface area contributed by atoms with Gasteiger partial charge in [-0.2, -0.15) is 0 Å². The Kier molecular flexibility index (Phi) is 6.01. The van der Waals surface area contributed by atoms with E-state index < -0.39 is 0 Å². The molecule has 1 saturated heterocycles. The van der Waals surface area contributed by atoms with Crippen molar-refractivity contribution < 1.29 is 4.79 Å². The van der Waals surface area contributed by atoms with Gasteiger partial charge in [-0.05, 0) is 24.7 Å². The molecule has 0 bridgehead atoms. The minimum Gasteiger partial charge on any atom is -0.343 e. The fourth-order valence-corrected chi connectivity index (χ4v) is 2.60. The lowest BCUT2D eigenvalue weighted by Gasteiger charge is -2.29. The molecule has 17 heavy (non-hydrogen) atoms. The van der Waals surface area contributed by atoms with Crippen LogP contribution in [0.25, 0.3) is 0 Å². The molecular weight excluding hydrogens is 210 g/mol. The summed E-state index contributed by atoms with van der Waals surface area (Å²) in [6, 6.07) is 0. The lowest BCUT2D eigenvalue weighted by molar-refractivity contribution is -0.129. The van der Waals surface area contributed by atoms with Gasteiger partial charge in [-0.1, -0.05) is 46.0 Å². The molecule has 0 aromatic heterocycles. The third kappa shape index (κ3) is 6.09. The van der Waals surface area contributed by atoms with Crippen molar-refractivity contribution in [1.82, 2.24) is 4.90 Å². The summed E-state index contributed by atoms with van der Waals surface area (Å²) in [7, 11) is 0. The molecule has 100 valence electrons. The molecule has 1 rings (SSSR count). The van der Waals surface area contributed by atoms with E-state index in [0.717, 1.165) is 19.5 Å². The van der Waals surface area contributed by atoms with Crippen LogP contribution in [0, 0.1) is 5.41 Å². The summed E-state index contributed by atoms with van der Waals surface area (Å²) >= 11 is 0. The Labute approximate surface area is 107 Å². The van der Waals surface area contributed by atoms with Gasteiger partial charge in [0, 0.05) is 20.0 Å². The van der Waals surface area contributed by atoms with Crippen molar-refractivity contribution in [3.63, 3.8) is 0 Å². The summed E-state index contributed by atoms with van der Waals surface area (Å²) in [5, 5.41) is 0. The molecule has 1 heterocycles. The highest BCUT2D eigenvalue weighted by Gasteiger charge is 2.20. The van der Waals surface area contributed by atoms with Crippen molar-refractivity contribution in [1.29, 1.82) is 0 Å². The maximum atomic E-state index is 11.6. The van der Waals surface area contributed by atoms with Gasteiger partial charge >= 0.3 is 0 Å². The van der Waals surface area contributed by atoms with E-state index in [0.29, 0.717) is 5.41 Å². The maximum Gasteiger partial charge on any atom is 0.219 e. The van der Waals surface area contributed by atoms with Gasteiger partial charge < -0.3 is 4.90 Å². The number of carbonyl (C=O) groups excluding carboxylic acids is 1. The second kappa shape index (κ2) is 7.03. The molecule has 0 aromatic carbocycles. The van der Waals surface area contributed by atoms with E-state index in [1.54, 1.807) is 6.92 Å². The molecule has 2 heteroatoms. The van der Waals surface area contributed by atoms with Gasteiger partial charge in [0.15, 0.2) is 0 Å². The van der Waals surface area contributed by atoms with Crippen LogP contribution in [-0.2, 0) is 4.79 Å². The van der Waals surface area contributed by atoms with Crippen molar-refractivity contribution in [3.8, 4) is 0 Å². The predicted octanol–water partition coefficient (Wildman–Crippen LogP) is 4.00. The Balaban J connectivity index is 2.51. The summed E-state index contributed by atoms with van der Waals surface area (Å²) in [5.74, 6) is 0.248. The quantitative estimate of drug-likeness (QED) is 0.626. The summed E-state index contributed by atoms with van der Waals surface area (Å²) in [6.45, 7) is 8.31. The van der Waals surface area contributed by atoms with Crippen molar-refractivity contribution >= 4 is 5.91 Å². The average Bonchev–Trinajstić information content (AvgIpc) is 2.23. The van der Waals surface area contributed by atoms with Crippen molar-refractivity contribution in [2.45, 2.75) is 72.1 Å². The van der Waals surface area contributed by atoms with Gasteiger partial charge in [0.25, 0.3) is 0 Å². The van der Waals surface area contributed by atoms with E-state index in [2.05, 4.69) is 13.8 Å². The molecule has 0 spiro atoms. The predicted molar refractivity (Wildman–Crippen MR) is 73.0 cm³/mol. The molecule has 0 aliphatic carbocycles. The second-order valence-corrected chi connectivity index (χ2v) is 6.29. The van der Waals surface area contributed by atoms with Crippen LogP contribution in [0.5, 0.6) is 0 Å². The van der Waals surface area contributed by atoms with E-state index in [1.807, 2.05) is 4.90 Å². The maximum absolute atomic E-state index is 11.6. The smallest absolute Gasteiger partial charge is 0.219 e. The largest absolute Gasteiger partial charge is 0.343 e. The summed E-state index contributed by atoms with van der Waals surface area (Å²) in [4.78, 5) is 13.6. The first-order valence-corrected chi connectivity index (χ1v) is 7.27. The van der Waals surface area contributed by atoms with Crippen LogP contribution in [0.4, 0.5) is 0 Å². The summed E-state index contributed by atoms with van der Waals surface area (Å²) < 4.78 is 0. The molecule has 0 N–H and O–H groups in total. The Morgan fingerprint density at radius 2 is 1.47 bits per heavy atom. The van der Waals surface area contributed by atoms with Crippen LogP contribution in [0.1, 0.15) is 72.1 Å². The standard InChI is InChI=1S/C15H29NO/c1-14(17)16-12-9-7-5-4-6-8-10-15(2,3)11-13-16/h4-13H2,1-3H3. The Morgan fingerprint density at radius 3 is 2.12 bits per heavy atom. The third-order valence-electron chi connectivity index (χ3n) is 4.04. The molecule has 1 aliphatic rings. The SMILES string of the molecule is CC(=O)N1CCCCCCCCC(C)(C)CC1. The molecule has 0 aromatic rings. The number of hydrogen-bond donors (Lipinski definition) is 0. The lowest BCUT2D eigenvalue weighted by atomic mass is 9.83. The van der Waals surface area contributed by atoms with Gasteiger partial charge in [0.1, 0.15) is 0 Å². The van der Waals surface area contributed by atoms with Crippen molar-refractivity contribution in [3.05, 3.63) is 0 Å². The van der Waals surface area contributed by atoms with E-state index in [4.69, 9.17) is 0 Å². The van der Waals surface area contributed by atoms with Gasteiger partial charge in [-0.15, -0.1) is 0 Å². The number of carbonyl (C=O) groups is 1. The molecule has 0 atom stereocenters. The van der Waals surface area contributed by atoms with E-state index in [1.165, 1.54) is 44.9 Å². The summed E-state index contributed by atoms with van der Waals surface area (Å²) in [6.07, 6.45) is 10.4. The van der Waals surface area contributed by atoms with Crippen LogP contribution in [0.15, 0.2) is 0 Å². The molecule has 1 fully saturated rings. The van der Waals surface area contributed by atoms with Gasteiger partial charge in [-0.3, -0.25) is 4.79 Å². The first-order chi connectivity index (χ1) is 8.01. The van der Waals surface area contributed by atoms with Gasteiger partial charge in [-0.25, -0.2) is 0 Å². The average molecular weight is 239 g/mol. The molecule has 0 unspecified atom stereocenters. The van der Waals surface area contributed by atoms with Gasteiger partial charge in [0.2, 0.25) is 5.91 Å². The van der Waals surface area contributed by atoms with Gasteiger partial charge in [0.05, 0.1) is 0 Å². The van der Waals surface area contributed by atoms with E-state index in [-0.39, 0.29) is 5.91 Å². The third-order valence-corrected chi connectivity index (χ3v) is 4.04. The van der Waals surface area contributed by atoms with Crippen LogP contribution >= 0.6 is 0 Å². The zero-order valence-corrected chi connectivity index (χ0v) is 11.9. The highest BCUT2D eigenvalue weighted by molar-refractivity contribution is 5.73. The van der Waals surface area contributed by atoms with E-state index >= 15 is 0 Å². The fourth-order valence-electron chi connectivity index (χ4n) is 2.60. The summed E-state index contributed by atoms with van der Waals surface area (Å²) in [5.41, 5.74) is 0.396. The fraction of sp³-hybridized carbons (Fsp3) is 0.933. The van der Waals surface area contributed by atoms with Crippen LogP contribution in [0.3, 0.4) is 0 Å². The zero-order chi connectivity index (χ0) is 12.7. The van der Waals surface area contributed by atoms with Crippen LogP contribution in [0.2, 0.25) is 0 Å². The van der Waals surface area contributed by atoms with E-state index in [9.17, 15) is 4.79 Å². The minimum absolute atomic E-state index is 0.248. The molecular formula is C15H29NO. The van der Waals surface area contributed by atoms with Crippen molar-refractivity contribution in [2.75, 3.05) is 13.1 Å². The van der Waals surface area contributed by atoms with Crippen molar-refractivity contribution in [2.24, 2.45) is 5.41 Å². The topological polar surface area (TPSA) is 20.3 Å². The molecule has 0 radical (unpaired) electrons. The lowest BCUT2D eigenvalue weighted by Crippen LogP contribution is -2.33. The zero-order valence-electron chi connectivity index (χ0n) is 11.9. The Morgan fingerprint density at radius 1 is 0.882 bits per heavy atom. The first-order valence-electron chi connectivity index (χ1n) is 7.27. The van der Waals surface area contributed by atoms with Crippen LogP contribution in [-0.4, -0.2) is 23.9 Å². The number of hydrogen-bond acceptors (Lipinski definition) is 1. The normalized spacial score (nSPS) is 23.6. The Bertz CT molecular complexity index is 235. The molecule has 1 amide bonds. The molecule has 2 nitrogen and oxygen atoms in total. The molecule has 1 aliphatic heterocycles.